The highest BCUT2D eigenvalue weighted by Crippen LogP contribution is 2.32. The molecule has 0 atom stereocenters. The molecule has 4 heteroatoms. The summed E-state index contributed by atoms with van der Waals surface area (Å²) in [5.41, 5.74) is 16.6. The molecule has 162 valence electrons. The molecule has 0 saturated carbocycles. The third-order valence-electron chi connectivity index (χ3n) is 5.21. The van der Waals surface area contributed by atoms with Crippen molar-refractivity contribution < 1.29 is 9.47 Å². The van der Waals surface area contributed by atoms with E-state index in [0.717, 1.165) is 16.7 Å². The zero-order valence-electron chi connectivity index (χ0n) is 18.8. The Morgan fingerprint density at radius 3 is 2.23 bits per heavy atom. The maximum atomic E-state index is 5.73. The van der Waals surface area contributed by atoms with E-state index in [4.69, 9.17) is 20.9 Å². The molecular weight excluding hydrogens is 384 g/mol. The van der Waals surface area contributed by atoms with E-state index < -0.39 is 6.17 Å². The minimum absolute atomic E-state index is 0.612. The summed E-state index contributed by atoms with van der Waals surface area (Å²) in [6.07, 6.45) is 2.77. The van der Waals surface area contributed by atoms with Gasteiger partial charge in [-0.05, 0) is 64.6 Å². The first-order chi connectivity index (χ1) is 14.8. The lowest BCUT2D eigenvalue weighted by Crippen LogP contribution is -2.32. The van der Waals surface area contributed by atoms with Gasteiger partial charge in [0, 0.05) is 0 Å². The van der Waals surface area contributed by atoms with Crippen molar-refractivity contribution in [3.63, 3.8) is 0 Å². The van der Waals surface area contributed by atoms with Crippen LogP contribution in [-0.2, 0) is 0 Å². The van der Waals surface area contributed by atoms with Crippen LogP contribution in [-0.4, -0.2) is 20.4 Å². The van der Waals surface area contributed by atoms with Gasteiger partial charge in [-0.2, -0.15) is 0 Å². The predicted molar refractivity (Wildman–Crippen MR) is 132 cm³/mol. The summed E-state index contributed by atoms with van der Waals surface area (Å²) >= 11 is 0. The van der Waals surface area contributed by atoms with Gasteiger partial charge >= 0.3 is 0 Å². The average Bonchev–Trinajstić information content (AvgIpc) is 2.79. The third-order valence-corrected chi connectivity index (χ3v) is 5.21. The van der Waals surface area contributed by atoms with Crippen LogP contribution in [0.15, 0.2) is 85.5 Å². The summed E-state index contributed by atoms with van der Waals surface area (Å²) < 4.78 is 10.5. The van der Waals surface area contributed by atoms with Crippen LogP contribution in [0.5, 0.6) is 11.5 Å². The molecule has 0 saturated heterocycles. The fraction of sp³-hybridized carbons (Fsp3) is 0.185. The first-order valence-electron chi connectivity index (χ1n) is 10.0. The second-order valence-corrected chi connectivity index (χ2v) is 7.16. The molecule has 4 N–H and O–H groups in total. The molecule has 4 nitrogen and oxygen atoms in total. The van der Waals surface area contributed by atoms with E-state index in [1.165, 1.54) is 21.9 Å². The second-order valence-electron chi connectivity index (χ2n) is 7.16. The summed E-state index contributed by atoms with van der Waals surface area (Å²) in [5.74, 6) is 1.29. The van der Waals surface area contributed by atoms with Gasteiger partial charge in [-0.1, -0.05) is 67.8 Å². The van der Waals surface area contributed by atoms with Crippen molar-refractivity contribution in [3.05, 3.63) is 102 Å². The fourth-order valence-electron chi connectivity index (χ4n) is 3.27. The highest BCUT2D eigenvalue weighted by molar-refractivity contribution is 5.86. The Balaban J connectivity index is 0.000000242. The van der Waals surface area contributed by atoms with E-state index in [1.807, 2.05) is 18.2 Å². The zero-order valence-corrected chi connectivity index (χ0v) is 18.8. The van der Waals surface area contributed by atoms with Crippen LogP contribution in [0.2, 0.25) is 0 Å². The van der Waals surface area contributed by atoms with E-state index in [-0.39, 0.29) is 0 Å². The number of allylic oxidation sites excluding steroid dienone is 2. The van der Waals surface area contributed by atoms with Crippen LogP contribution in [0.25, 0.3) is 16.3 Å². The summed E-state index contributed by atoms with van der Waals surface area (Å²) in [4.78, 5) is 0. The summed E-state index contributed by atoms with van der Waals surface area (Å²) in [5, 5.41) is 2.71. The molecule has 0 aliphatic heterocycles. The van der Waals surface area contributed by atoms with Gasteiger partial charge in [-0.15, -0.1) is 0 Å². The van der Waals surface area contributed by atoms with E-state index in [2.05, 4.69) is 63.4 Å². The molecule has 0 unspecified atom stereocenters. The third kappa shape index (κ3) is 5.85. The van der Waals surface area contributed by atoms with E-state index in [0.29, 0.717) is 11.5 Å². The predicted octanol–water partition coefficient (Wildman–Crippen LogP) is 5.53. The molecular formula is C27H32N2O2. The summed E-state index contributed by atoms with van der Waals surface area (Å²) in [6, 6.07) is 18.4. The number of aryl methyl sites for hydroxylation is 2. The molecule has 0 amide bonds. The number of hydrogen-bond donors (Lipinski definition) is 2. The molecule has 3 aromatic rings. The number of methoxy groups -OCH3 is 2. The van der Waals surface area contributed by atoms with Gasteiger partial charge in [0.25, 0.3) is 0 Å². The van der Waals surface area contributed by atoms with Crippen molar-refractivity contribution >= 4 is 16.3 Å². The Bertz CT molecular complexity index is 1100. The summed E-state index contributed by atoms with van der Waals surface area (Å²) in [7, 11) is 3.17. The minimum Gasteiger partial charge on any atom is -0.493 e. The minimum atomic E-state index is -0.612. The Hall–Kier alpha value is -3.34. The smallest absolute Gasteiger partial charge is 0.161 e. The molecule has 0 aliphatic carbocycles. The number of nitrogens with two attached hydrogens (primary N) is 2. The van der Waals surface area contributed by atoms with Crippen LogP contribution in [0, 0.1) is 13.8 Å². The van der Waals surface area contributed by atoms with Crippen molar-refractivity contribution in [2.24, 2.45) is 11.5 Å². The number of rotatable bonds is 6. The molecule has 3 rings (SSSR count). The number of fused-ring (bicyclic) bond motifs is 1. The molecule has 0 radical (unpaired) electrons. The molecule has 0 bridgehead atoms. The second kappa shape index (κ2) is 11.2. The molecule has 0 aromatic heterocycles. The number of benzene rings is 3. The quantitative estimate of drug-likeness (QED) is 0.409. The van der Waals surface area contributed by atoms with E-state index in [9.17, 15) is 0 Å². The van der Waals surface area contributed by atoms with Crippen LogP contribution < -0.4 is 20.9 Å². The number of ether oxygens (including phenoxy) is 2. The van der Waals surface area contributed by atoms with Gasteiger partial charge in [0.2, 0.25) is 0 Å². The average molecular weight is 417 g/mol. The van der Waals surface area contributed by atoms with Crippen molar-refractivity contribution in [1.82, 2.24) is 0 Å². The molecule has 0 aliphatic rings. The monoisotopic (exact) mass is 416 g/mol. The Morgan fingerprint density at radius 2 is 1.61 bits per heavy atom. The first kappa shape index (κ1) is 23.9. The van der Waals surface area contributed by atoms with Crippen LogP contribution in [0.3, 0.4) is 0 Å². The van der Waals surface area contributed by atoms with Gasteiger partial charge in [0.1, 0.15) is 0 Å². The highest BCUT2D eigenvalue weighted by Gasteiger charge is 2.12. The largest absolute Gasteiger partial charge is 0.493 e. The lowest BCUT2D eigenvalue weighted by atomic mass is 9.97. The van der Waals surface area contributed by atoms with Crippen LogP contribution in [0.1, 0.15) is 16.7 Å². The molecule has 0 heterocycles. The van der Waals surface area contributed by atoms with Gasteiger partial charge in [0.15, 0.2) is 11.5 Å². The zero-order chi connectivity index (χ0) is 23.0. The maximum absolute atomic E-state index is 5.73. The van der Waals surface area contributed by atoms with E-state index >= 15 is 0 Å². The summed E-state index contributed by atoms with van der Waals surface area (Å²) in [6.45, 7) is 12.0. The Kier molecular flexibility index (Phi) is 8.62. The van der Waals surface area contributed by atoms with Gasteiger partial charge in [-0.25, -0.2) is 0 Å². The van der Waals surface area contributed by atoms with Gasteiger partial charge in [-0.3, -0.25) is 0 Å². The topological polar surface area (TPSA) is 70.5 Å². The number of hydrogen-bond acceptors (Lipinski definition) is 4. The van der Waals surface area contributed by atoms with Crippen molar-refractivity contribution in [2.45, 2.75) is 20.0 Å². The fourth-order valence-corrected chi connectivity index (χ4v) is 3.27. The molecule has 0 fully saturated rings. The molecule has 31 heavy (non-hydrogen) atoms. The van der Waals surface area contributed by atoms with Gasteiger partial charge < -0.3 is 20.9 Å². The SMILES string of the molecule is C=C/C=C(/C(=C)c1ccc(OC)c(OC)c1)C(N)N.Cc1ccc2ccccc2c1C. The van der Waals surface area contributed by atoms with Gasteiger partial charge in [0.05, 0.1) is 20.4 Å². The van der Waals surface area contributed by atoms with Crippen LogP contribution in [0.4, 0.5) is 0 Å². The highest BCUT2D eigenvalue weighted by atomic mass is 16.5. The van der Waals surface area contributed by atoms with Crippen molar-refractivity contribution in [3.8, 4) is 11.5 Å². The Morgan fingerprint density at radius 1 is 0.935 bits per heavy atom. The Labute approximate surface area is 185 Å². The van der Waals surface area contributed by atoms with E-state index in [1.54, 1.807) is 26.4 Å². The maximum Gasteiger partial charge on any atom is 0.161 e. The lowest BCUT2D eigenvalue weighted by molar-refractivity contribution is 0.355. The first-order valence-corrected chi connectivity index (χ1v) is 10.0. The molecule has 3 aromatic carbocycles. The standard InChI is InChI=1S/C15H20N2O2.C12H12/c1-5-6-12(15(16)17)10(2)11-7-8-13(18-3)14(9-11)19-4;1-9-7-8-11-5-3-4-6-12(11)10(9)2/h5-9,15H,1-2,16-17H2,3-4H3;3-8H,1-2H3/b12-6-;. The van der Waals surface area contributed by atoms with Crippen LogP contribution >= 0.6 is 0 Å². The van der Waals surface area contributed by atoms with Crippen molar-refractivity contribution in [2.75, 3.05) is 14.2 Å². The van der Waals surface area contributed by atoms with Crippen molar-refractivity contribution in [1.29, 1.82) is 0 Å². The normalized spacial score (nSPS) is 11.0. The molecule has 0 spiro atoms. The lowest BCUT2D eigenvalue weighted by Gasteiger charge is -2.16.